The van der Waals surface area contributed by atoms with E-state index in [-0.39, 0.29) is 24.0 Å². The molecule has 0 unspecified atom stereocenters. The standard InChI is InChI=1S/C14H26N2O3/c1-10(2)16(9-5-6-12(17)18)13(19)15-14(3,4)11-7-8-11/h10-11H,5-9H2,1-4H3,(H,15,19)(H,17,18). The first kappa shape index (κ1) is 15.8. The van der Waals surface area contributed by atoms with Crippen LogP contribution < -0.4 is 5.32 Å². The van der Waals surface area contributed by atoms with Gasteiger partial charge in [0.05, 0.1) is 0 Å². The molecule has 0 saturated heterocycles. The zero-order valence-electron chi connectivity index (χ0n) is 12.4. The summed E-state index contributed by atoms with van der Waals surface area (Å²) in [6.45, 7) is 8.49. The van der Waals surface area contributed by atoms with Crippen LogP contribution in [0.15, 0.2) is 0 Å². The van der Waals surface area contributed by atoms with Crippen molar-refractivity contribution in [3.05, 3.63) is 0 Å². The number of aliphatic carboxylic acids is 1. The molecule has 2 amide bonds. The Morgan fingerprint density at radius 1 is 1.37 bits per heavy atom. The quantitative estimate of drug-likeness (QED) is 0.746. The van der Waals surface area contributed by atoms with E-state index >= 15 is 0 Å². The van der Waals surface area contributed by atoms with E-state index in [1.165, 1.54) is 12.8 Å². The van der Waals surface area contributed by atoms with Gasteiger partial charge >= 0.3 is 12.0 Å². The van der Waals surface area contributed by atoms with E-state index < -0.39 is 5.97 Å². The Bertz CT molecular complexity index is 336. The maximum atomic E-state index is 12.3. The Morgan fingerprint density at radius 2 is 1.95 bits per heavy atom. The number of urea groups is 1. The van der Waals surface area contributed by atoms with Crippen LogP contribution in [0.1, 0.15) is 53.4 Å². The van der Waals surface area contributed by atoms with E-state index in [1.807, 2.05) is 13.8 Å². The molecular formula is C14H26N2O3. The van der Waals surface area contributed by atoms with Crippen LogP contribution in [0.4, 0.5) is 4.79 Å². The lowest BCUT2D eigenvalue weighted by atomic mass is 9.99. The van der Waals surface area contributed by atoms with Gasteiger partial charge < -0.3 is 15.3 Å². The maximum absolute atomic E-state index is 12.3. The number of rotatable bonds is 7. The summed E-state index contributed by atoms with van der Waals surface area (Å²) in [6, 6.07) is -0.0129. The number of carboxylic acid groups (broad SMARTS) is 1. The van der Waals surface area contributed by atoms with Gasteiger partial charge in [0.1, 0.15) is 0 Å². The highest BCUT2D eigenvalue weighted by atomic mass is 16.4. The fourth-order valence-corrected chi connectivity index (χ4v) is 2.25. The summed E-state index contributed by atoms with van der Waals surface area (Å²) in [5.74, 6) is -0.244. The minimum Gasteiger partial charge on any atom is -0.481 e. The van der Waals surface area contributed by atoms with Gasteiger partial charge in [-0.15, -0.1) is 0 Å². The van der Waals surface area contributed by atoms with Crippen molar-refractivity contribution in [2.24, 2.45) is 5.92 Å². The predicted octanol–water partition coefficient (Wildman–Crippen LogP) is 2.46. The molecule has 0 aromatic heterocycles. The van der Waals surface area contributed by atoms with Gasteiger partial charge in [-0.2, -0.15) is 0 Å². The highest BCUT2D eigenvalue weighted by Gasteiger charge is 2.39. The summed E-state index contributed by atoms with van der Waals surface area (Å²) in [5.41, 5.74) is -0.170. The van der Waals surface area contributed by atoms with Gasteiger partial charge in [0.15, 0.2) is 0 Å². The number of carbonyl (C=O) groups excluding carboxylic acids is 1. The highest BCUT2D eigenvalue weighted by Crippen LogP contribution is 2.39. The van der Waals surface area contributed by atoms with Crippen LogP contribution in [-0.2, 0) is 4.79 Å². The van der Waals surface area contributed by atoms with Crippen LogP contribution in [0.5, 0.6) is 0 Å². The lowest BCUT2D eigenvalue weighted by Gasteiger charge is -2.33. The van der Waals surface area contributed by atoms with Gasteiger partial charge in [-0.25, -0.2) is 4.79 Å². The number of hydrogen-bond donors (Lipinski definition) is 2. The molecule has 19 heavy (non-hydrogen) atoms. The Labute approximate surface area is 115 Å². The third kappa shape index (κ3) is 5.09. The molecular weight excluding hydrogens is 244 g/mol. The normalized spacial score (nSPS) is 15.4. The molecule has 2 N–H and O–H groups in total. The maximum Gasteiger partial charge on any atom is 0.318 e. The smallest absolute Gasteiger partial charge is 0.318 e. The summed E-state index contributed by atoms with van der Waals surface area (Å²) in [6.07, 6.45) is 2.94. The first-order valence-corrected chi connectivity index (χ1v) is 7.04. The molecule has 1 rings (SSSR count). The van der Waals surface area contributed by atoms with E-state index in [2.05, 4.69) is 19.2 Å². The summed E-state index contributed by atoms with van der Waals surface area (Å²) < 4.78 is 0. The summed E-state index contributed by atoms with van der Waals surface area (Å²) in [7, 11) is 0. The average Bonchev–Trinajstić information content (AvgIpc) is 3.05. The van der Waals surface area contributed by atoms with E-state index in [0.29, 0.717) is 18.9 Å². The minimum atomic E-state index is -0.817. The van der Waals surface area contributed by atoms with E-state index in [4.69, 9.17) is 5.11 Å². The second-order valence-electron chi connectivity index (χ2n) is 6.21. The van der Waals surface area contributed by atoms with Gasteiger partial charge in [0, 0.05) is 24.5 Å². The van der Waals surface area contributed by atoms with Crippen molar-refractivity contribution in [2.75, 3.05) is 6.54 Å². The molecule has 0 spiro atoms. The molecule has 1 aliphatic carbocycles. The molecule has 0 aliphatic heterocycles. The van der Waals surface area contributed by atoms with Gasteiger partial charge in [0.25, 0.3) is 0 Å². The van der Waals surface area contributed by atoms with E-state index in [9.17, 15) is 9.59 Å². The van der Waals surface area contributed by atoms with Crippen molar-refractivity contribution in [1.82, 2.24) is 10.2 Å². The Balaban J connectivity index is 2.50. The largest absolute Gasteiger partial charge is 0.481 e. The van der Waals surface area contributed by atoms with Crippen molar-refractivity contribution >= 4 is 12.0 Å². The van der Waals surface area contributed by atoms with Gasteiger partial charge in [-0.1, -0.05) is 0 Å². The fraction of sp³-hybridized carbons (Fsp3) is 0.857. The lowest BCUT2D eigenvalue weighted by Crippen LogP contribution is -2.53. The summed E-state index contributed by atoms with van der Waals surface area (Å²) in [5, 5.41) is 11.7. The molecule has 0 heterocycles. The summed E-state index contributed by atoms with van der Waals surface area (Å²) >= 11 is 0. The zero-order valence-corrected chi connectivity index (χ0v) is 12.4. The van der Waals surface area contributed by atoms with Gasteiger partial charge in [-0.3, -0.25) is 4.79 Å². The SMILES string of the molecule is CC(C)N(CCCC(=O)O)C(=O)NC(C)(C)C1CC1. The number of carboxylic acids is 1. The number of amides is 2. The van der Waals surface area contributed by atoms with Crippen LogP contribution in [0, 0.1) is 5.92 Å². The zero-order chi connectivity index (χ0) is 14.6. The predicted molar refractivity (Wildman–Crippen MR) is 74.0 cm³/mol. The van der Waals surface area contributed by atoms with E-state index in [1.54, 1.807) is 4.90 Å². The Hall–Kier alpha value is -1.26. The highest BCUT2D eigenvalue weighted by molar-refractivity contribution is 5.75. The van der Waals surface area contributed by atoms with E-state index in [0.717, 1.165) is 0 Å². The van der Waals surface area contributed by atoms with Crippen LogP contribution >= 0.6 is 0 Å². The fourth-order valence-electron chi connectivity index (χ4n) is 2.25. The Kier molecular flexibility index (Phi) is 5.20. The molecule has 5 nitrogen and oxygen atoms in total. The molecule has 0 atom stereocenters. The third-order valence-corrected chi connectivity index (χ3v) is 3.70. The van der Waals surface area contributed by atoms with Gasteiger partial charge in [-0.05, 0) is 52.9 Å². The van der Waals surface area contributed by atoms with Crippen molar-refractivity contribution in [3.63, 3.8) is 0 Å². The first-order valence-electron chi connectivity index (χ1n) is 7.04. The third-order valence-electron chi connectivity index (χ3n) is 3.70. The average molecular weight is 270 g/mol. The molecule has 1 fully saturated rings. The van der Waals surface area contributed by atoms with Crippen LogP contribution in [0.3, 0.4) is 0 Å². The second kappa shape index (κ2) is 6.26. The molecule has 0 bridgehead atoms. The molecule has 5 heteroatoms. The van der Waals surface area contributed by atoms with Crippen molar-refractivity contribution in [3.8, 4) is 0 Å². The monoisotopic (exact) mass is 270 g/mol. The molecule has 110 valence electrons. The van der Waals surface area contributed by atoms with Gasteiger partial charge in [0.2, 0.25) is 0 Å². The number of nitrogens with zero attached hydrogens (tertiary/aromatic N) is 1. The lowest BCUT2D eigenvalue weighted by molar-refractivity contribution is -0.137. The molecule has 1 aliphatic rings. The van der Waals surface area contributed by atoms with Crippen LogP contribution in [0.25, 0.3) is 0 Å². The Morgan fingerprint density at radius 3 is 2.37 bits per heavy atom. The molecule has 0 aromatic carbocycles. The topological polar surface area (TPSA) is 69.6 Å². The number of hydrogen-bond acceptors (Lipinski definition) is 2. The molecule has 1 saturated carbocycles. The molecule has 0 aromatic rings. The van der Waals surface area contributed by atoms with Crippen LogP contribution in [0.2, 0.25) is 0 Å². The van der Waals surface area contributed by atoms with Crippen LogP contribution in [-0.4, -0.2) is 40.1 Å². The van der Waals surface area contributed by atoms with Crippen molar-refractivity contribution < 1.29 is 14.7 Å². The minimum absolute atomic E-state index is 0.0730. The number of nitrogens with one attached hydrogen (secondary N) is 1. The van der Waals surface area contributed by atoms with Crippen molar-refractivity contribution in [2.45, 2.75) is 65.0 Å². The molecule has 0 radical (unpaired) electrons. The second-order valence-corrected chi connectivity index (χ2v) is 6.21. The summed E-state index contributed by atoms with van der Waals surface area (Å²) in [4.78, 5) is 24.5. The first-order chi connectivity index (χ1) is 8.74. The number of carbonyl (C=O) groups is 2. The van der Waals surface area contributed by atoms with Crippen molar-refractivity contribution in [1.29, 1.82) is 0 Å².